The molecule has 2 saturated heterocycles. The predicted molar refractivity (Wildman–Crippen MR) is 196 cm³/mol. The number of anilines is 2. The van der Waals surface area contributed by atoms with Crippen molar-refractivity contribution in [2.75, 3.05) is 94.9 Å². The van der Waals surface area contributed by atoms with E-state index in [9.17, 15) is 13.2 Å². The van der Waals surface area contributed by atoms with Gasteiger partial charge in [-0.15, -0.1) is 6.42 Å². The Bertz CT molecular complexity index is 1770. The first kappa shape index (κ1) is 38.7. The van der Waals surface area contributed by atoms with Crippen molar-refractivity contribution in [3.63, 3.8) is 0 Å². The minimum Gasteiger partial charge on any atom is -0.378 e. The first-order valence-electron chi connectivity index (χ1n) is 17.3. The molecule has 0 bridgehead atoms. The number of rotatable bonds is 19. The van der Waals surface area contributed by atoms with E-state index in [0.717, 1.165) is 68.6 Å². The fourth-order valence-corrected chi connectivity index (χ4v) is 7.12. The van der Waals surface area contributed by atoms with E-state index in [1.54, 1.807) is 15.5 Å². The van der Waals surface area contributed by atoms with Gasteiger partial charge in [0.15, 0.2) is 5.65 Å². The number of likely N-dealkylation sites (tertiary alicyclic amines) is 1. The lowest BCUT2D eigenvalue weighted by Crippen LogP contribution is -2.39. The number of piperidine rings is 1. The van der Waals surface area contributed by atoms with Crippen molar-refractivity contribution in [1.29, 1.82) is 0 Å². The smallest absolute Gasteiger partial charge is 0.256 e. The van der Waals surface area contributed by atoms with Crippen LogP contribution in [0.25, 0.3) is 5.65 Å². The van der Waals surface area contributed by atoms with Crippen LogP contribution in [0.15, 0.2) is 30.5 Å². The number of carbonyl (C=O) groups is 1. The van der Waals surface area contributed by atoms with E-state index in [0.29, 0.717) is 76.1 Å². The largest absolute Gasteiger partial charge is 0.378 e. The molecule has 1 amide bonds. The Kier molecular flexibility index (Phi) is 14.3. The van der Waals surface area contributed by atoms with Crippen molar-refractivity contribution in [2.45, 2.75) is 44.7 Å². The molecule has 2 N–H and O–H groups in total. The van der Waals surface area contributed by atoms with Gasteiger partial charge >= 0.3 is 0 Å². The summed E-state index contributed by atoms with van der Waals surface area (Å²) in [7, 11) is -3.61. The second-order valence-corrected chi connectivity index (χ2v) is 14.9. The molecule has 3 aromatic rings. The van der Waals surface area contributed by atoms with Crippen molar-refractivity contribution in [3.8, 4) is 12.3 Å². The van der Waals surface area contributed by atoms with Gasteiger partial charge in [0.25, 0.3) is 5.91 Å². The van der Waals surface area contributed by atoms with Crippen LogP contribution in [0.2, 0.25) is 5.02 Å². The molecular formula is C35H48ClN7O7S. The van der Waals surface area contributed by atoms with Gasteiger partial charge in [0, 0.05) is 55.1 Å². The summed E-state index contributed by atoms with van der Waals surface area (Å²) in [6.07, 6.45) is 11.7. The number of sulfonamides is 1. The number of hydrogen-bond donors (Lipinski definition) is 2. The summed E-state index contributed by atoms with van der Waals surface area (Å²) in [4.78, 5) is 23.0. The number of amides is 1. The number of ether oxygens (including phenoxy) is 4. The van der Waals surface area contributed by atoms with E-state index in [1.165, 1.54) is 12.1 Å². The number of aryl methyl sites for hydroxylation is 1. The molecule has 2 atom stereocenters. The molecule has 1 unspecified atom stereocenters. The molecule has 2 aliphatic rings. The highest BCUT2D eigenvalue weighted by Gasteiger charge is 2.33. The summed E-state index contributed by atoms with van der Waals surface area (Å²) in [5, 5.41) is 8.80. The molecule has 2 aliphatic heterocycles. The van der Waals surface area contributed by atoms with Gasteiger partial charge in [-0.3, -0.25) is 9.52 Å². The summed E-state index contributed by atoms with van der Waals surface area (Å²) in [6.45, 7) is 8.91. The fourth-order valence-electron chi connectivity index (χ4n) is 6.37. The molecule has 4 heterocycles. The summed E-state index contributed by atoms with van der Waals surface area (Å²) in [5.74, 6) is 3.03. The lowest BCUT2D eigenvalue weighted by atomic mass is 9.98. The van der Waals surface area contributed by atoms with Gasteiger partial charge in [-0.25, -0.2) is 17.9 Å². The van der Waals surface area contributed by atoms with Gasteiger partial charge in [0.1, 0.15) is 12.4 Å². The SMILES string of the molecule is C#CCOCCOCCOCCOCCN[C@H]1CCN(c2nc3cc(C4CCCCN4C(=O)c4cc(Cl)ccc4NS(C)(=O)=O)nn3cc2C)C1. The van der Waals surface area contributed by atoms with Gasteiger partial charge in [0.05, 0.1) is 75.5 Å². The third-order valence-electron chi connectivity index (χ3n) is 8.71. The average molecular weight is 746 g/mol. The van der Waals surface area contributed by atoms with Crippen LogP contribution in [0, 0.1) is 19.3 Å². The Labute approximate surface area is 305 Å². The molecule has 16 heteroatoms. The maximum Gasteiger partial charge on any atom is 0.256 e. The second-order valence-electron chi connectivity index (χ2n) is 12.7. The van der Waals surface area contributed by atoms with Crippen LogP contribution < -0.4 is 14.9 Å². The van der Waals surface area contributed by atoms with E-state index in [4.69, 9.17) is 47.1 Å². The van der Waals surface area contributed by atoms with E-state index >= 15 is 0 Å². The van der Waals surface area contributed by atoms with Crippen LogP contribution in [0.3, 0.4) is 0 Å². The molecule has 2 aromatic heterocycles. The normalized spacial score (nSPS) is 18.0. The molecule has 0 aliphatic carbocycles. The number of carbonyl (C=O) groups excluding carboxylic acids is 1. The van der Waals surface area contributed by atoms with Crippen LogP contribution in [0.1, 0.15) is 53.3 Å². The van der Waals surface area contributed by atoms with Crippen LogP contribution in [-0.4, -0.2) is 125 Å². The van der Waals surface area contributed by atoms with Crippen LogP contribution >= 0.6 is 11.6 Å². The van der Waals surface area contributed by atoms with E-state index in [1.807, 2.05) is 19.2 Å². The molecule has 5 rings (SSSR count). The Morgan fingerprint density at radius 2 is 1.75 bits per heavy atom. The fraction of sp³-hybridized carbons (Fsp3) is 0.571. The molecular weight excluding hydrogens is 698 g/mol. The van der Waals surface area contributed by atoms with Crippen LogP contribution in [0.4, 0.5) is 11.5 Å². The number of hydrogen-bond acceptors (Lipinski definition) is 11. The van der Waals surface area contributed by atoms with Crippen molar-refractivity contribution in [3.05, 3.63) is 52.3 Å². The summed E-state index contributed by atoms with van der Waals surface area (Å²) >= 11 is 6.25. The number of nitrogens with zero attached hydrogens (tertiary/aromatic N) is 5. The molecule has 14 nitrogen and oxygen atoms in total. The molecule has 2 fully saturated rings. The summed E-state index contributed by atoms with van der Waals surface area (Å²) in [6, 6.07) is 6.56. The van der Waals surface area contributed by atoms with E-state index < -0.39 is 10.0 Å². The van der Waals surface area contributed by atoms with Gasteiger partial charge in [-0.2, -0.15) is 5.10 Å². The standard InChI is InChI=1S/C35H48ClN7O7S/c1-4-14-47-16-18-49-20-21-50-19-17-48-15-11-37-28-10-13-41(25-28)34-26(2)24-43-33(38-34)23-31(39-43)32-7-5-6-12-42(32)35(44)29-22-27(36)8-9-30(29)40-51(3,45)46/h1,8-9,22-24,28,32,37,40H,5-7,10-21,25H2,2-3H3/t28-,32?/m0/s1. The summed E-state index contributed by atoms with van der Waals surface area (Å²) in [5.41, 5.74) is 2.86. The number of aromatic nitrogens is 3. The van der Waals surface area contributed by atoms with Crippen molar-refractivity contribution in [2.24, 2.45) is 0 Å². The zero-order chi connectivity index (χ0) is 36.2. The lowest BCUT2D eigenvalue weighted by molar-refractivity contribution is 0.00158. The van der Waals surface area contributed by atoms with Crippen molar-refractivity contribution in [1.82, 2.24) is 24.8 Å². The number of halogens is 1. The Balaban J connectivity index is 1.11. The summed E-state index contributed by atoms with van der Waals surface area (Å²) < 4.78 is 50.1. The van der Waals surface area contributed by atoms with Gasteiger partial charge in [-0.05, 0) is 50.8 Å². The number of fused-ring (bicyclic) bond motifs is 1. The van der Waals surface area contributed by atoms with E-state index in [2.05, 4.69) is 20.9 Å². The average Bonchev–Trinajstić information content (AvgIpc) is 3.75. The number of benzene rings is 1. The first-order valence-corrected chi connectivity index (χ1v) is 19.6. The highest BCUT2D eigenvalue weighted by molar-refractivity contribution is 7.92. The molecule has 0 saturated carbocycles. The zero-order valence-corrected chi connectivity index (χ0v) is 30.9. The van der Waals surface area contributed by atoms with Gasteiger partial charge < -0.3 is 34.1 Å². The molecule has 1 aromatic carbocycles. The topological polar surface area (TPSA) is 149 Å². The molecule has 51 heavy (non-hydrogen) atoms. The monoisotopic (exact) mass is 745 g/mol. The second kappa shape index (κ2) is 18.8. The lowest BCUT2D eigenvalue weighted by Gasteiger charge is -2.35. The van der Waals surface area contributed by atoms with Crippen LogP contribution in [0.5, 0.6) is 0 Å². The molecule has 0 radical (unpaired) electrons. The van der Waals surface area contributed by atoms with Crippen molar-refractivity contribution < 1.29 is 32.2 Å². The molecule has 0 spiro atoms. The van der Waals surface area contributed by atoms with E-state index in [-0.39, 0.29) is 23.2 Å². The Morgan fingerprint density at radius 1 is 1.02 bits per heavy atom. The van der Waals surface area contributed by atoms with Gasteiger partial charge in [0.2, 0.25) is 10.0 Å². The third-order valence-corrected chi connectivity index (χ3v) is 9.53. The van der Waals surface area contributed by atoms with Crippen molar-refractivity contribution >= 4 is 44.7 Å². The maximum absolute atomic E-state index is 13.9. The molecule has 278 valence electrons. The maximum atomic E-state index is 13.9. The Hall–Kier alpha value is -3.49. The third kappa shape index (κ3) is 11.2. The van der Waals surface area contributed by atoms with Crippen LogP contribution in [-0.2, 0) is 29.0 Å². The number of nitrogens with one attached hydrogen (secondary N) is 2. The van der Waals surface area contributed by atoms with Gasteiger partial charge in [-0.1, -0.05) is 17.5 Å². The minimum atomic E-state index is -3.61. The predicted octanol–water partition coefficient (Wildman–Crippen LogP) is 3.30. The zero-order valence-electron chi connectivity index (χ0n) is 29.3. The highest BCUT2D eigenvalue weighted by atomic mass is 35.5. The first-order chi connectivity index (χ1) is 24.6. The highest BCUT2D eigenvalue weighted by Crippen LogP contribution is 2.34. The number of terminal acetylenes is 1. The Morgan fingerprint density at radius 3 is 2.47 bits per heavy atom. The minimum absolute atomic E-state index is 0.196. The quantitative estimate of drug-likeness (QED) is 0.138.